The summed E-state index contributed by atoms with van der Waals surface area (Å²) < 4.78 is 19.5. The van der Waals surface area contributed by atoms with Gasteiger partial charge in [0.2, 0.25) is 5.78 Å². The fourth-order valence-electron chi connectivity index (χ4n) is 3.20. The molecule has 2 N–H and O–H groups in total. The molecule has 9 heteroatoms. The number of imidazole rings is 1. The van der Waals surface area contributed by atoms with Crippen LogP contribution in [-0.2, 0) is 11.3 Å². The number of hydrogen-bond acceptors (Lipinski definition) is 7. The average Bonchev–Trinajstić information content (AvgIpc) is 3.26. The molecule has 0 aliphatic carbocycles. The summed E-state index contributed by atoms with van der Waals surface area (Å²) in [4.78, 5) is 29.0. The first kappa shape index (κ1) is 21.9. The lowest BCUT2D eigenvalue weighted by Gasteiger charge is -2.09. The van der Waals surface area contributed by atoms with E-state index in [9.17, 15) is 14.0 Å². The molecule has 2 heterocycles. The highest BCUT2D eigenvalue weighted by atomic mass is 19.1. The van der Waals surface area contributed by atoms with Crippen molar-refractivity contribution in [1.29, 1.82) is 0 Å². The number of anilines is 2. The Bertz CT molecular complexity index is 1290. The van der Waals surface area contributed by atoms with Crippen LogP contribution < -0.4 is 10.6 Å². The van der Waals surface area contributed by atoms with Gasteiger partial charge in [-0.15, -0.1) is 5.10 Å². The molecular formula is C24H22FN5O3. The van der Waals surface area contributed by atoms with Crippen LogP contribution in [0.25, 0.3) is 5.65 Å². The van der Waals surface area contributed by atoms with Crippen molar-refractivity contribution in [3.05, 3.63) is 89.5 Å². The topological polar surface area (TPSA) is 97.6 Å². The maximum atomic E-state index is 13.1. The van der Waals surface area contributed by atoms with Crippen molar-refractivity contribution in [2.45, 2.75) is 13.5 Å². The van der Waals surface area contributed by atoms with Crippen LogP contribution in [0.2, 0.25) is 0 Å². The summed E-state index contributed by atoms with van der Waals surface area (Å²) in [7, 11) is 0. The zero-order valence-corrected chi connectivity index (χ0v) is 17.9. The van der Waals surface area contributed by atoms with Crippen LogP contribution in [0.4, 0.5) is 15.9 Å². The lowest BCUT2D eigenvalue weighted by molar-refractivity contribution is 0.0526. The monoisotopic (exact) mass is 447 g/mol. The van der Waals surface area contributed by atoms with Crippen LogP contribution in [0.3, 0.4) is 0 Å². The molecule has 4 aromatic rings. The first-order valence-corrected chi connectivity index (χ1v) is 10.4. The summed E-state index contributed by atoms with van der Waals surface area (Å²) in [6.07, 6.45) is 1.48. The molecule has 4 rings (SSSR count). The molecule has 2 aromatic carbocycles. The maximum absolute atomic E-state index is 13.1. The largest absolute Gasteiger partial charge is 0.462 e. The van der Waals surface area contributed by atoms with Crippen LogP contribution in [0, 0.1) is 5.82 Å². The summed E-state index contributed by atoms with van der Waals surface area (Å²) >= 11 is 0. The summed E-state index contributed by atoms with van der Waals surface area (Å²) in [5, 5.41) is 10.6. The van der Waals surface area contributed by atoms with E-state index in [0.717, 1.165) is 5.56 Å². The van der Waals surface area contributed by atoms with E-state index in [1.165, 1.54) is 22.8 Å². The molecule has 0 saturated heterocycles. The number of rotatable bonds is 9. The van der Waals surface area contributed by atoms with Gasteiger partial charge in [0.1, 0.15) is 17.3 Å². The van der Waals surface area contributed by atoms with Gasteiger partial charge in [-0.25, -0.2) is 18.7 Å². The molecule has 0 saturated carbocycles. The van der Waals surface area contributed by atoms with Crippen molar-refractivity contribution in [1.82, 2.24) is 14.6 Å². The van der Waals surface area contributed by atoms with E-state index in [-0.39, 0.29) is 24.8 Å². The third kappa shape index (κ3) is 5.32. The Morgan fingerprint density at radius 3 is 2.67 bits per heavy atom. The highest BCUT2D eigenvalue weighted by Gasteiger charge is 2.14. The van der Waals surface area contributed by atoms with Crippen molar-refractivity contribution in [3.8, 4) is 0 Å². The summed E-state index contributed by atoms with van der Waals surface area (Å²) in [6, 6.07) is 16.5. The minimum atomic E-state index is -0.417. The van der Waals surface area contributed by atoms with E-state index in [4.69, 9.17) is 4.74 Å². The third-order valence-electron chi connectivity index (χ3n) is 4.86. The Labute approximate surface area is 189 Å². The average molecular weight is 447 g/mol. The fraction of sp³-hybridized carbons (Fsp3) is 0.167. The van der Waals surface area contributed by atoms with Crippen LogP contribution in [0.1, 0.15) is 33.3 Å². The lowest BCUT2D eigenvalue weighted by Crippen LogP contribution is -2.17. The number of carbonyl (C=O) groups is 2. The molecule has 0 spiro atoms. The molecule has 0 atom stereocenters. The van der Waals surface area contributed by atoms with Crippen molar-refractivity contribution in [2.75, 3.05) is 23.8 Å². The zero-order chi connectivity index (χ0) is 23.2. The first-order valence-electron chi connectivity index (χ1n) is 10.4. The smallest absolute Gasteiger partial charge is 0.338 e. The van der Waals surface area contributed by atoms with Gasteiger partial charge in [0.05, 0.1) is 24.9 Å². The number of halogens is 1. The Hall–Kier alpha value is -4.27. The quantitative estimate of drug-likeness (QED) is 0.296. The highest BCUT2D eigenvalue weighted by Crippen LogP contribution is 2.14. The molecule has 33 heavy (non-hydrogen) atoms. The molecule has 0 aliphatic rings. The number of ketones is 1. The van der Waals surface area contributed by atoms with E-state index >= 15 is 0 Å². The maximum Gasteiger partial charge on any atom is 0.338 e. The number of hydrogen-bond donors (Lipinski definition) is 2. The zero-order valence-electron chi connectivity index (χ0n) is 17.9. The van der Waals surface area contributed by atoms with Gasteiger partial charge in [-0.05, 0) is 55.0 Å². The minimum Gasteiger partial charge on any atom is -0.462 e. The Morgan fingerprint density at radius 1 is 1.06 bits per heavy atom. The van der Waals surface area contributed by atoms with Crippen LogP contribution in [0.5, 0.6) is 0 Å². The molecule has 0 amide bonds. The predicted octanol–water partition coefficient (Wildman–Crippen LogP) is 3.95. The number of nitrogens with one attached hydrogen (secondary N) is 2. The molecule has 0 fully saturated rings. The van der Waals surface area contributed by atoms with Crippen LogP contribution in [-0.4, -0.2) is 39.5 Å². The summed E-state index contributed by atoms with van der Waals surface area (Å²) in [6.45, 7) is 2.48. The predicted molar refractivity (Wildman–Crippen MR) is 122 cm³/mol. The van der Waals surface area contributed by atoms with Gasteiger partial charge in [-0.2, -0.15) is 0 Å². The number of esters is 1. The second-order valence-corrected chi connectivity index (χ2v) is 7.19. The molecule has 168 valence electrons. The lowest BCUT2D eigenvalue weighted by atomic mass is 10.2. The standard InChI is InChI=1S/C24H22FN5O3/c1-2-33-24(32)17-4-3-5-19(12-17)26-15-21(31)20-14-28-23-11-10-22(29-30(20)23)27-13-16-6-8-18(25)9-7-16/h3-12,14,26H,2,13,15H2,1H3,(H,27,29). The first-order chi connectivity index (χ1) is 16.0. The van der Waals surface area contributed by atoms with Gasteiger partial charge < -0.3 is 15.4 Å². The van der Waals surface area contributed by atoms with Crippen molar-refractivity contribution < 1.29 is 18.7 Å². The van der Waals surface area contributed by atoms with Crippen molar-refractivity contribution in [2.24, 2.45) is 0 Å². The number of Topliss-reactive ketones (excluding diaryl/α,β-unsaturated/α-hetero) is 1. The van der Waals surface area contributed by atoms with Crippen LogP contribution in [0.15, 0.2) is 66.9 Å². The third-order valence-corrected chi connectivity index (χ3v) is 4.86. The molecule has 8 nitrogen and oxygen atoms in total. The van der Waals surface area contributed by atoms with Crippen molar-refractivity contribution >= 4 is 28.9 Å². The summed E-state index contributed by atoms with van der Waals surface area (Å²) in [5.74, 6) is -0.374. The fourth-order valence-corrected chi connectivity index (χ4v) is 3.20. The van der Waals surface area contributed by atoms with Gasteiger partial charge in [0.15, 0.2) is 5.65 Å². The van der Waals surface area contributed by atoms with Crippen molar-refractivity contribution in [3.63, 3.8) is 0 Å². The van der Waals surface area contributed by atoms with E-state index in [2.05, 4.69) is 20.7 Å². The highest BCUT2D eigenvalue weighted by molar-refractivity contribution is 5.98. The Balaban J connectivity index is 1.44. The normalized spacial score (nSPS) is 10.7. The molecule has 0 radical (unpaired) electrons. The molecular weight excluding hydrogens is 425 g/mol. The number of fused-ring (bicyclic) bond motifs is 1. The van der Waals surface area contributed by atoms with Gasteiger partial charge >= 0.3 is 5.97 Å². The van der Waals surface area contributed by atoms with E-state index in [0.29, 0.717) is 35.0 Å². The number of aromatic nitrogens is 3. The van der Waals surface area contributed by atoms with E-state index in [1.807, 2.05) is 0 Å². The number of ether oxygens (including phenoxy) is 1. The van der Waals surface area contributed by atoms with Crippen LogP contribution >= 0.6 is 0 Å². The Kier molecular flexibility index (Phi) is 6.58. The number of carbonyl (C=O) groups excluding carboxylic acids is 2. The molecule has 0 bridgehead atoms. The second-order valence-electron chi connectivity index (χ2n) is 7.19. The molecule has 0 aliphatic heterocycles. The number of nitrogens with zero attached hydrogens (tertiary/aromatic N) is 3. The van der Waals surface area contributed by atoms with Gasteiger partial charge in [0.25, 0.3) is 0 Å². The van der Waals surface area contributed by atoms with Gasteiger partial charge in [-0.1, -0.05) is 18.2 Å². The molecule has 2 aromatic heterocycles. The van der Waals surface area contributed by atoms with Gasteiger partial charge in [-0.3, -0.25) is 4.79 Å². The van der Waals surface area contributed by atoms with E-state index in [1.54, 1.807) is 55.5 Å². The summed E-state index contributed by atoms with van der Waals surface area (Å²) in [5.41, 5.74) is 2.79. The minimum absolute atomic E-state index is 0.00497. The molecule has 0 unspecified atom stereocenters. The second kappa shape index (κ2) is 9.90. The number of benzene rings is 2. The van der Waals surface area contributed by atoms with Gasteiger partial charge in [0, 0.05) is 12.2 Å². The SMILES string of the molecule is CCOC(=O)c1cccc(NCC(=O)c2cnc3ccc(NCc4ccc(F)cc4)nn23)c1. The Morgan fingerprint density at radius 2 is 1.88 bits per heavy atom. The van der Waals surface area contributed by atoms with E-state index < -0.39 is 5.97 Å².